The van der Waals surface area contributed by atoms with Gasteiger partial charge in [-0.1, -0.05) is 41.4 Å². The number of rotatable bonds is 3. The molecule has 0 spiro atoms. The van der Waals surface area contributed by atoms with E-state index < -0.39 is 11.9 Å². The molecule has 0 radical (unpaired) electrons. The van der Waals surface area contributed by atoms with Crippen molar-refractivity contribution in [1.82, 2.24) is 4.57 Å². The zero-order valence-corrected chi connectivity index (χ0v) is 14.9. The van der Waals surface area contributed by atoms with Gasteiger partial charge in [-0.25, -0.2) is 4.79 Å². The molecule has 1 N–H and O–H groups in total. The van der Waals surface area contributed by atoms with Crippen molar-refractivity contribution in [1.29, 1.82) is 0 Å². The molecule has 0 unspecified atom stereocenters. The Kier molecular flexibility index (Phi) is 4.45. The number of carbonyl (C=O) groups is 2. The van der Waals surface area contributed by atoms with E-state index in [2.05, 4.69) is 0 Å². The van der Waals surface area contributed by atoms with Crippen molar-refractivity contribution in [3.05, 3.63) is 63.3 Å². The van der Waals surface area contributed by atoms with Gasteiger partial charge < -0.3 is 9.84 Å². The van der Waals surface area contributed by atoms with Crippen molar-refractivity contribution in [3.8, 4) is 5.75 Å². The van der Waals surface area contributed by atoms with E-state index in [0.717, 1.165) is 0 Å². The van der Waals surface area contributed by atoms with Crippen LogP contribution in [0.1, 0.15) is 26.4 Å². The number of hydrogen-bond acceptors (Lipinski definition) is 3. The standard InChI is InChI=1S/C18H13Cl2NO4/c1-9-15(18(23)24)11-5-3-4-6-14(11)21(9)17(22)12-7-10(19)8-13(20)16(12)25-2/h3-8H,1-2H3,(H,23,24). The Morgan fingerprint density at radius 2 is 1.84 bits per heavy atom. The van der Waals surface area contributed by atoms with Gasteiger partial charge in [-0.2, -0.15) is 0 Å². The molecule has 3 rings (SSSR count). The fourth-order valence-corrected chi connectivity index (χ4v) is 3.52. The minimum Gasteiger partial charge on any atom is -0.494 e. The van der Waals surface area contributed by atoms with E-state index >= 15 is 0 Å². The Labute approximate surface area is 153 Å². The highest BCUT2D eigenvalue weighted by molar-refractivity contribution is 6.36. The van der Waals surface area contributed by atoms with E-state index in [0.29, 0.717) is 16.6 Å². The van der Waals surface area contributed by atoms with Gasteiger partial charge in [0.15, 0.2) is 0 Å². The number of fused-ring (bicyclic) bond motifs is 1. The van der Waals surface area contributed by atoms with Crippen LogP contribution in [0.4, 0.5) is 0 Å². The predicted octanol–water partition coefficient (Wildman–Crippen LogP) is 4.65. The summed E-state index contributed by atoms with van der Waals surface area (Å²) in [6.45, 7) is 1.58. The number of carboxylic acid groups (broad SMARTS) is 1. The lowest BCUT2D eigenvalue weighted by Gasteiger charge is -2.12. The third-order valence-corrected chi connectivity index (χ3v) is 4.47. The molecule has 0 aliphatic carbocycles. The Bertz CT molecular complexity index is 1020. The van der Waals surface area contributed by atoms with Crippen molar-refractivity contribution in [2.75, 3.05) is 7.11 Å². The van der Waals surface area contributed by atoms with Crippen molar-refractivity contribution in [3.63, 3.8) is 0 Å². The smallest absolute Gasteiger partial charge is 0.338 e. The second kappa shape index (κ2) is 6.43. The molecule has 0 atom stereocenters. The van der Waals surface area contributed by atoms with Gasteiger partial charge in [0.05, 0.1) is 28.8 Å². The van der Waals surface area contributed by atoms with Crippen LogP contribution in [-0.2, 0) is 0 Å². The first-order valence-electron chi connectivity index (χ1n) is 7.28. The van der Waals surface area contributed by atoms with E-state index in [1.807, 2.05) is 0 Å². The maximum absolute atomic E-state index is 13.2. The number of benzene rings is 2. The van der Waals surface area contributed by atoms with Gasteiger partial charge in [-0.3, -0.25) is 9.36 Å². The van der Waals surface area contributed by atoms with Crippen LogP contribution >= 0.6 is 23.2 Å². The highest BCUT2D eigenvalue weighted by atomic mass is 35.5. The minimum atomic E-state index is -1.10. The fourth-order valence-electron chi connectivity index (χ4n) is 2.95. The normalized spacial score (nSPS) is 10.9. The number of halogens is 2. The lowest BCUT2D eigenvalue weighted by atomic mass is 10.1. The van der Waals surface area contributed by atoms with Gasteiger partial charge in [0.1, 0.15) is 5.75 Å². The Hall–Kier alpha value is -2.50. The zero-order valence-electron chi connectivity index (χ0n) is 13.3. The zero-order chi connectivity index (χ0) is 18.3. The van der Waals surface area contributed by atoms with E-state index in [-0.39, 0.29) is 26.9 Å². The number of hydrogen-bond donors (Lipinski definition) is 1. The number of aromatic carboxylic acids is 1. The average molecular weight is 378 g/mol. The molecule has 0 saturated heterocycles. The molecular formula is C18H13Cl2NO4. The molecule has 0 bridgehead atoms. The van der Waals surface area contributed by atoms with Gasteiger partial charge in [-0.15, -0.1) is 0 Å². The van der Waals surface area contributed by atoms with Crippen LogP contribution in [0.25, 0.3) is 10.9 Å². The quantitative estimate of drug-likeness (QED) is 0.720. The van der Waals surface area contributed by atoms with Gasteiger partial charge in [-0.05, 0) is 25.1 Å². The Morgan fingerprint density at radius 1 is 1.16 bits per heavy atom. The van der Waals surface area contributed by atoms with Crippen LogP contribution in [0.3, 0.4) is 0 Å². The predicted molar refractivity (Wildman–Crippen MR) is 96.4 cm³/mol. The molecule has 7 heteroatoms. The molecule has 3 aromatic rings. The average Bonchev–Trinajstić information content (AvgIpc) is 2.85. The van der Waals surface area contributed by atoms with Crippen molar-refractivity contribution in [2.45, 2.75) is 6.92 Å². The van der Waals surface area contributed by atoms with Crippen LogP contribution in [0.5, 0.6) is 5.75 Å². The first kappa shape index (κ1) is 17.3. The molecule has 1 heterocycles. The number of carbonyl (C=O) groups excluding carboxylic acids is 1. The number of nitrogens with zero attached hydrogens (tertiary/aromatic N) is 1. The van der Waals surface area contributed by atoms with Crippen LogP contribution in [-0.4, -0.2) is 28.7 Å². The van der Waals surface area contributed by atoms with Crippen LogP contribution < -0.4 is 4.74 Å². The summed E-state index contributed by atoms with van der Waals surface area (Å²) >= 11 is 12.1. The summed E-state index contributed by atoms with van der Waals surface area (Å²) in [5.41, 5.74) is 1.04. The summed E-state index contributed by atoms with van der Waals surface area (Å²) in [6, 6.07) is 9.73. The van der Waals surface area contributed by atoms with Crippen LogP contribution in [0.15, 0.2) is 36.4 Å². The van der Waals surface area contributed by atoms with E-state index in [4.69, 9.17) is 27.9 Å². The lowest BCUT2D eigenvalue weighted by molar-refractivity contribution is 0.0698. The number of carboxylic acids is 1. The summed E-state index contributed by atoms with van der Waals surface area (Å²) in [7, 11) is 1.40. The van der Waals surface area contributed by atoms with Gasteiger partial charge >= 0.3 is 5.97 Å². The topological polar surface area (TPSA) is 68.5 Å². The van der Waals surface area contributed by atoms with E-state index in [9.17, 15) is 14.7 Å². The monoisotopic (exact) mass is 377 g/mol. The number of para-hydroxylation sites is 1. The fraction of sp³-hybridized carbons (Fsp3) is 0.111. The third-order valence-electron chi connectivity index (χ3n) is 3.97. The van der Waals surface area contributed by atoms with Crippen LogP contribution in [0, 0.1) is 6.92 Å². The molecule has 25 heavy (non-hydrogen) atoms. The van der Waals surface area contributed by atoms with Crippen molar-refractivity contribution >= 4 is 46.0 Å². The molecule has 0 amide bonds. The molecule has 0 aliphatic heterocycles. The summed E-state index contributed by atoms with van der Waals surface area (Å²) in [5, 5.41) is 10.5. The second-order valence-electron chi connectivity index (χ2n) is 5.39. The molecule has 128 valence electrons. The SMILES string of the molecule is COc1c(Cl)cc(Cl)cc1C(=O)n1c(C)c(C(=O)O)c2ccccc21. The van der Waals surface area contributed by atoms with Crippen molar-refractivity contribution in [2.24, 2.45) is 0 Å². The maximum Gasteiger partial charge on any atom is 0.338 e. The molecule has 0 saturated carbocycles. The molecule has 5 nitrogen and oxygen atoms in total. The minimum absolute atomic E-state index is 0.0797. The Morgan fingerprint density at radius 3 is 2.48 bits per heavy atom. The van der Waals surface area contributed by atoms with Gasteiger partial charge in [0.25, 0.3) is 5.91 Å². The molecule has 0 aliphatic rings. The summed E-state index contributed by atoms with van der Waals surface area (Å²) in [4.78, 5) is 24.8. The molecule has 0 fully saturated rings. The lowest BCUT2D eigenvalue weighted by Crippen LogP contribution is -2.15. The maximum atomic E-state index is 13.2. The third kappa shape index (κ3) is 2.75. The summed E-state index contributed by atoms with van der Waals surface area (Å²) in [5.74, 6) is -1.39. The first-order chi connectivity index (χ1) is 11.9. The summed E-state index contributed by atoms with van der Waals surface area (Å²) in [6.07, 6.45) is 0. The number of methoxy groups -OCH3 is 1. The van der Waals surface area contributed by atoms with Crippen LogP contribution in [0.2, 0.25) is 10.0 Å². The second-order valence-corrected chi connectivity index (χ2v) is 6.24. The molecule has 2 aromatic carbocycles. The number of ether oxygens (including phenoxy) is 1. The van der Waals surface area contributed by atoms with Gasteiger partial charge in [0.2, 0.25) is 0 Å². The van der Waals surface area contributed by atoms with Gasteiger partial charge in [0, 0.05) is 16.1 Å². The van der Waals surface area contributed by atoms with E-state index in [1.54, 1.807) is 31.2 Å². The van der Waals surface area contributed by atoms with Crippen molar-refractivity contribution < 1.29 is 19.4 Å². The largest absolute Gasteiger partial charge is 0.494 e. The summed E-state index contributed by atoms with van der Waals surface area (Å²) < 4.78 is 6.58. The number of aromatic nitrogens is 1. The molecule has 1 aromatic heterocycles. The first-order valence-corrected chi connectivity index (χ1v) is 8.03. The highest BCUT2D eigenvalue weighted by Crippen LogP contribution is 2.34. The highest BCUT2D eigenvalue weighted by Gasteiger charge is 2.26. The van der Waals surface area contributed by atoms with E-state index in [1.165, 1.54) is 23.8 Å². The molecular weight excluding hydrogens is 365 g/mol. The Balaban J connectivity index is 2.33.